The average molecular weight is 285 g/mol. The smallest absolute Gasteiger partial charge is 0.270 e. The SMILES string of the molecule is CCN(C(=O)c1cc2ccccc2[nH]1)C1CCCC(N)C1. The van der Waals surface area contributed by atoms with Gasteiger partial charge < -0.3 is 15.6 Å². The van der Waals surface area contributed by atoms with Gasteiger partial charge in [0.25, 0.3) is 5.91 Å². The molecule has 0 spiro atoms. The van der Waals surface area contributed by atoms with Crippen molar-refractivity contribution in [3.8, 4) is 0 Å². The minimum absolute atomic E-state index is 0.0906. The fourth-order valence-electron chi connectivity index (χ4n) is 3.39. The molecule has 21 heavy (non-hydrogen) atoms. The molecule has 1 amide bonds. The Balaban J connectivity index is 1.84. The summed E-state index contributed by atoms with van der Waals surface area (Å²) in [5.74, 6) is 0.0906. The average Bonchev–Trinajstić information content (AvgIpc) is 2.92. The zero-order valence-electron chi connectivity index (χ0n) is 12.5. The van der Waals surface area contributed by atoms with E-state index in [0.717, 1.165) is 43.1 Å². The maximum atomic E-state index is 12.8. The van der Waals surface area contributed by atoms with Crippen molar-refractivity contribution in [1.82, 2.24) is 9.88 Å². The number of fused-ring (bicyclic) bond motifs is 1. The van der Waals surface area contributed by atoms with E-state index >= 15 is 0 Å². The zero-order chi connectivity index (χ0) is 14.8. The summed E-state index contributed by atoms with van der Waals surface area (Å²) in [4.78, 5) is 18.0. The molecular weight excluding hydrogens is 262 g/mol. The predicted molar refractivity (Wildman–Crippen MR) is 85.2 cm³/mol. The summed E-state index contributed by atoms with van der Waals surface area (Å²) in [5.41, 5.74) is 7.76. The van der Waals surface area contributed by atoms with Crippen LogP contribution in [0.3, 0.4) is 0 Å². The summed E-state index contributed by atoms with van der Waals surface area (Å²) in [6, 6.07) is 10.4. The van der Waals surface area contributed by atoms with Gasteiger partial charge in [0.15, 0.2) is 0 Å². The number of hydrogen-bond donors (Lipinski definition) is 2. The van der Waals surface area contributed by atoms with E-state index in [1.54, 1.807) is 0 Å². The molecule has 3 N–H and O–H groups in total. The predicted octanol–water partition coefficient (Wildman–Crippen LogP) is 2.90. The lowest BCUT2D eigenvalue weighted by Crippen LogP contribution is -2.45. The molecule has 1 aliphatic rings. The van der Waals surface area contributed by atoms with Crippen LogP contribution in [0, 0.1) is 0 Å². The van der Waals surface area contributed by atoms with E-state index in [1.807, 2.05) is 42.2 Å². The number of rotatable bonds is 3. The first-order valence-electron chi connectivity index (χ1n) is 7.83. The van der Waals surface area contributed by atoms with Crippen LogP contribution in [0.15, 0.2) is 30.3 Å². The van der Waals surface area contributed by atoms with Crippen molar-refractivity contribution in [2.45, 2.75) is 44.7 Å². The normalized spacial score (nSPS) is 22.4. The van der Waals surface area contributed by atoms with E-state index in [2.05, 4.69) is 4.98 Å². The largest absolute Gasteiger partial charge is 0.351 e. The van der Waals surface area contributed by atoms with E-state index in [-0.39, 0.29) is 18.0 Å². The monoisotopic (exact) mass is 285 g/mol. The van der Waals surface area contributed by atoms with Gasteiger partial charge in [0.1, 0.15) is 5.69 Å². The third-order valence-electron chi connectivity index (χ3n) is 4.49. The van der Waals surface area contributed by atoms with E-state index in [1.165, 1.54) is 0 Å². The minimum Gasteiger partial charge on any atom is -0.351 e. The van der Waals surface area contributed by atoms with Crippen LogP contribution in [0.4, 0.5) is 0 Å². The van der Waals surface area contributed by atoms with Gasteiger partial charge in [-0.05, 0) is 44.7 Å². The Morgan fingerprint density at radius 2 is 2.19 bits per heavy atom. The summed E-state index contributed by atoms with van der Waals surface area (Å²) < 4.78 is 0. The second-order valence-electron chi connectivity index (χ2n) is 5.94. The van der Waals surface area contributed by atoms with Gasteiger partial charge >= 0.3 is 0 Å². The van der Waals surface area contributed by atoms with Crippen molar-refractivity contribution in [2.75, 3.05) is 6.54 Å². The number of amides is 1. The van der Waals surface area contributed by atoms with Crippen molar-refractivity contribution >= 4 is 16.8 Å². The molecule has 1 saturated carbocycles. The summed E-state index contributed by atoms with van der Waals surface area (Å²) in [6.07, 6.45) is 4.17. The molecule has 4 nitrogen and oxygen atoms in total. The standard InChI is InChI=1S/C17H23N3O/c1-2-20(14-8-5-7-13(18)11-14)17(21)16-10-12-6-3-4-9-15(12)19-16/h3-4,6,9-10,13-14,19H,2,5,7-8,11,18H2,1H3. The second-order valence-corrected chi connectivity index (χ2v) is 5.94. The molecule has 1 aliphatic carbocycles. The molecule has 2 aromatic rings. The van der Waals surface area contributed by atoms with E-state index < -0.39 is 0 Å². The second kappa shape index (κ2) is 5.90. The quantitative estimate of drug-likeness (QED) is 0.911. The molecule has 0 bridgehead atoms. The van der Waals surface area contributed by atoms with Gasteiger partial charge in [0.2, 0.25) is 0 Å². The van der Waals surface area contributed by atoms with Crippen molar-refractivity contribution < 1.29 is 4.79 Å². The zero-order valence-corrected chi connectivity index (χ0v) is 12.5. The number of nitrogens with two attached hydrogens (primary N) is 1. The number of hydrogen-bond acceptors (Lipinski definition) is 2. The maximum Gasteiger partial charge on any atom is 0.270 e. The molecule has 1 fully saturated rings. The van der Waals surface area contributed by atoms with Gasteiger partial charge in [-0.1, -0.05) is 18.2 Å². The fourth-order valence-corrected chi connectivity index (χ4v) is 3.39. The number of aromatic amines is 1. The van der Waals surface area contributed by atoms with Crippen LogP contribution < -0.4 is 5.73 Å². The van der Waals surface area contributed by atoms with E-state index in [9.17, 15) is 4.79 Å². The molecular formula is C17H23N3O. The Labute approximate surface area is 125 Å². The van der Waals surface area contributed by atoms with Crippen LogP contribution in [0.2, 0.25) is 0 Å². The first-order valence-corrected chi connectivity index (χ1v) is 7.83. The Kier molecular flexibility index (Phi) is 3.97. The molecule has 0 saturated heterocycles. The number of nitrogens with zero attached hydrogens (tertiary/aromatic N) is 1. The van der Waals surface area contributed by atoms with Crippen LogP contribution >= 0.6 is 0 Å². The van der Waals surface area contributed by atoms with Crippen LogP contribution in [-0.2, 0) is 0 Å². The van der Waals surface area contributed by atoms with Crippen LogP contribution in [0.5, 0.6) is 0 Å². The molecule has 1 heterocycles. The molecule has 0 aliphatic heterocycles. The highest BCUT2D eigenvalue weighted by Crippen LogP contribution is 2.24. The number of H-pyrrole nitrogens is 1. The van der Waals surface area contributed by atoms with Gasteiger partial charge in [-0.3, -0.25) is 4.79 Å². The number of carbonyl (C=O) groups excluding carboxylic acids is 1. The number of aromatic nitrogens is 1. The van der Waals surface area contributed by atoms with Crippen molar-refractivity contribution in [1.29, 1.82) is 0 Å². The molecule has 1 aromatic carbocycles. The lowest BCUT2D eigenvalue weighted by Gasteiger charge is -2.35. The number of nitrogens with one attached hydrogen (secondary N) is 1. The first-order chi connectivity index (χ1) is 10.2. The van der Waals surface area contributed by atoms with Gasteiger partial charge in [-0.15, -0.1) is 0 Å². The highest BCUT2D eigenvalue weighted by Gasteiger charge is 2.28. The topological polar surface area (TPSA) is 62.1 Å². The van der Waals surface area contributed by atoms with Gasteiger partial charge in [-0.2, -0.15) is 0 Å². The van der Waals surface area contributed by atoms with Crippen LogP contribution in [-0.4, -0.2) is 34.4 Å². The van der Waals surface area contributed by atoms with Crippen LogP contribution in [0.1, 0.15) is 43.1 Å². The van der Waals surface area contributed by atoms with Crippen molar-refractivity contribution in [2.24, 2.45) is 5.73 Å². The van der Waals surface area contributed by atoms with E-state index in [4.69, 9.17) is 5.73 Å². The third-order valence-corrected chi connectivity index (χ3v) is 4.49. The van der Waals surface area contributed by atoms with Crippen LogP contribution in [0.25, 0.3) is 10.9 Å². The van der Waals surface area contributed by atoms with Gasteiger partial charge in [0.05, 0.1) is 0 Å². The minimum atomic E-state index is 0.0906. The van der Waals surface area contributed by atoms with Crippen molar-refractivity contribution in [3.05, 3.63) is 36.0 Å². The summed E-state index contributed by atoms with van der Waals surface area (Å²) in [6.45, 7) is 2.77. The summed E-state index contributed by atoms with van der Waals surface area (Å²) in [5, 5.41) is 1.08. The number of carbonyl (C=O) groups is 1. The molecule has 0 radical (unpaired) electrons. The molecule has 112 valence electrons. The Morgan fingerprint density at radius 1 is 1.38 bits per heavy atom. The lowest BCUT2D eigenvalue weighted by molar-refractivity contribution is 0.0633. The van der Waals surface area contributed by atoms with Gasteiger partial charge in [0, 0.05) is 29.5 Å². The Hall–Kier alpha value is -1.81. The summed E-state index contributed by atoms with van der Waals surface area (Å²) in [7, 11) is 0. The number of para-hydroxylation sites is 1. The van der Waals surface area contributed by atoms with E-state index in [0.29, 0.717) is 5.69 Å². The van der Waals surface area contributed by atoms with Crippen molar-refractivity contribution in [3.63, 3.8) is 0 Å². The highest BCUT2D eigenvalue weighted by molar-refractivity contribution is 5.98. The maximum absolute atomic E-state index is 12.8. The molecule has 4 heteroatoms. The fraction of sp³-hybridized carbons (Fsp3) is 0.471. The third kappa shape index (κ3) is 2.81. The highest BCUT2D eigenvalue weighted by atomic mass is 16.2. The molecule has 3 rings (SSSR count). The Bertz CT molecular complexity index is 601. The molecule has 2 atom stereocenters. The first kappa shape index (κ1) is 14.1. The number of benzene rings is 1. The lowest BCUT2D eigenvalue weighted by atomic mass is 9.90. The molecule has 1 aromatic heterocycles. The Morgan fingerprint density at radius 3 is 2.90 bits per heavy atom. The van der Waals surface area contributed by atoms with Gasteiger partial charge in [-0.25, -0.2) is 0 Å². The summed E-state index contributed by atoms with van der Waals surface area (Å²) >= 11 is 0. The molecule has 2 unspecified atom stereocenters.